The highest BCUT2D eigenvalue weighted by Crippen LogP contribution is 2.18. The first-order valence-corrected chi connectivity index (χ1v) is 13.0. The van der Waals surface area contributed by atoms with Crippen molar-refractivity contribution >= 4 is 12.1 Å². The van der Waals surface area contributed by atoms with Gasteiger partial charge in [0.25, 0.3) is 0 Å². The summed E-state index contributed by atoms with van der Waals surface area (Å²) in [6.45, 7) is 17.3. The molecule has 1 amide bonds. The zero-order valence-corrected chi connectivity index (χ0v) is 23.9. The Bertz CT molecular complexity index is 864. The number of amides is 1. The van der Waals surface area contributed by atoms with Crippen LogP contribution in [0.25, 0.3) is 0 Å². The van der Waals surface area contributed by atoms with Crippen molar-refractivity contribution in [1.29, 1.82) is 0 Å². The van der Waals surface area contributed by atoms with Crippen molar-refractivity contribution in [1.82, 2.24) is 10.2 Å². The molecule has 36 heavy (non-hydrogen) atoms. The molecule has 0 spiro atoms. The first kappa shape index (κ1) is 33.2. The third kappa shape index (κ3) is 14.6. The molecule has 1 atom stereocenters. The van der Waals surface area contributed by atoms with Crippen LogP contribution in [0, 0.1) is 5.92 Å². The second-order valence-electron chi connectivity index (χ2n) is 9.18. The molecule has 0 aromatic heterocycles. The fourth-order valence-electron chi connectivity index (χ4n) is 3.10. The molecule has 5 nitrogen and oxygen atoms in total. The van der Waals surface area contributed by atoms with Crippen LogP contribution in [-0.4, -0.2) is 49.8 Å². The molecule has 2 rings (SSSR count). The van der Waals surface area contributed by atoms with Gasteiger partial charge in [0.1, 0.15) is 5.54 Å². The number of nitrogens with one attached hydrogen (secondary N) is 1. The summed E-state index contributed by atoms with van der Waals surface area (Å²) in [5.41, 5.74) is 2.39. The normalized spacial score (nSPS) is 12.3. The maximum Gasteiger partial charge on any atom is 0.223 e. The molecule has 2 aromatic rings. The van der Waals surface area contributed by atoms with Gasteiger partial charge in [-0.3, -0.25) is 9.79 Å². The van der Waals surface area contributed by atoms with Gasteiger partial charge in [0, 0.05) is 12.1 Å². The monoisotopic (exact) mass is 495 g/mol. The first-order valence-electron chi connectivity index (χ1n) is 13.0. The van der Waals surface area contributed by atoms with Crippen molar-refractivity contribution in [2.24, 2.45) is 10.9 Å². The minimum Gasteiger partial charge on any atom is -0.374 e. The van der Waals surface area contributed by atoms with Crippen LogP contribution in [0.4, 0.5) is 0 Å². The number of aliphatic imine (C=N–C) groups is 1. The lowest BCUT2D eigenvalue weighted by Crippen LogP contribution is -2.51. The lowest BCUT2D eigenvalue weighted by molar-refractivity contribution is -0.126. The van der Waals surface area contributed by atoms with Crippen LogP contribution in [0.3, 0.4) is 0 Å². The van der Waals surface area contributed by atoms with E-state index in [4.69, 9.17) is 4.74 Å². The molecule has 200 valence electrons. The highest BCUT2D eigenvalue weighted by atomic mass is 16.5. The molecule has 2 aromatic carbocycles. The summed E-state index contributed by atoms with van der Waals surface area (Å²) in [5, 5.41) is 2.99. The van der Waals surface area contributed by atoms with E-state index in [1.165, 1.54) is 24.9 Å². The van der Waals surface area contributed by atoms with E-state index in [2.05, 4.69) is 66.2 Å². The molecule has 0 bridgehead atoms. The molecule has 0 heterocycles. The van der Waals surface area contributed by atoms with Crippen molar-refractivity contribution < 1.29 is 9.53 Å². The molecule has 0 aliphatic rings. The van der Waals surface area contributed by atoms with E-state index in [0.29, 0.717) is 18.9 Å². The molecule has 0 aliphatic heterocycles. The molecule has 0 saturated carbocycles. The smallest absolute Gasteiger partial charge is 0.223 e. The molecule has 5 heteroatoms. The second kappa shape index (κ2) is 19.4. The molecule has 0 saturated heterocycles. The summed E-state index contributed by atoms with van der Waals surface area (Å²) in [6.07, 6.45) is 4.11. The van der Waals surface area contributed by atoms with E-state index < -0.39 is 5.54 Å². The minimum absolute atomic E-state index is 0.0433. The van der Waals surface area contributed by atoms with E-state index in [9.17, 15) is 4.79 Å². The van der Waals surface area contributed by atoms with Crippen molar-refractivity contribution in [3.05, 3.63) is 84.1 Å². The Labute approximate surface area is 220 Å². The topological polar surface area (TPSA) is 53.9 Å². The van der Waals surface area contributed by atoms with E-state index >= 15 is 0 Å². The summed E-state index contributed by atoms with van der Waals surface area (Å²) in [5.74, 6) is -0.148. The molecular formula is C31H49N3O2. The summed E-state index contributed by atoms with van der Waals surface area (Å²) >= 11 is 0. The van der Waals surface area contributed by atoms with E-state index in [0.717, 1.165) is 5.56 Å². The number of aryl methyl sites for hydroxylation is 1. The van der Waals surface area contributed by atoms with E-state index in [1.54, 1.807) is 6.21 Å². The zero-order valence-electron chi connectivity index (χ0n) is 23.9. The first-order chi connectivity index (χ1) is 17.2. The third-order valence-electron chi connectivity index (χ3n) is 5.26. The zero-order chi connectivity index (χ0) is 27.4. The summed E-state index contributed by atoms with van der Waals surface area (Å²) in [4.78, 5) is 18.5. The Balaban J connectivity index is 0.000000735. The Morgan fingerprint density at radius 1 is 1.06 bits per heavy atom. The lowest BCUT2D eigenvalue weighted by atomic mass is 9.98. The Hall–Kier alpha value is -2.76. The molecule has 0 radical (unpaired) electrons. The number of carbonyl (C=O) groups excluding carboxylic acids is 1. The van der Waals surface area contributed by atoms with Crippen molar-refractivity contribution in [2.45, 2.75) is 66.5 Å². The van der Waals surface area contributed by atoms with Crippen LogP contribution in [0.15, 0.2) is 77.9 Å². The second-order valence-corrected chi connectivity index (χ2v) is 9.18. The summed E-state index contributed by atoms with van der Waals surface area (Å²) in [7, 11) is 4.23. The Morgan fingerprint density at radius 2 is 1.58 bits per heavy atom. The van der Waals surface area contributed by atoms with Crippen LogP contribution in [-0.2, 0) is 22.6 Å². The molecule has 1 unspecified atom stereocenters. The van der Waals surface area contributed by atoms with Gasteiger partial charge >= 0.3 is 0 Å². The fraction of sp³-hybridized carbons (Fsp3) is 0.484. The SMILES string of the molecule is C=C(N=CC)C(C)(COCc1ccccc1)NC(=O)C(C)C.CC.CN(C)CCCc1ccccc1. The van der Waals surface area contributed by atoms with Crippen molar-refractivity contribution in [3.8, 4) is 0 Å². The van der Waals surface area contributed by atoms with Gasteiger partial charge in [-0.2, -0.15) is 0 Å². The third-order valence-corrected chi connectivity index (χ3v) is 5.26. The van der Waals surface area contributed by atoms with Gasteiger partial charge in [0.15, 0.2) is 0 Å². The van der Waals surface area contributed by atoms with Gasteiger partial charge < -0.3 is 15.0 Å². The largest absolute Gasteiger partial charge is 0.374 e. The van der Waals surface area contributed by atoms with E-state index in [1.807, 2.05) is 71.9 Å². The number of hydrogen-bond donors (Lipinski definition) is 1. The lowest BCUT2D eigenvalue weighted by Gasteiger charge is -2.31. The average Bonchev–Trinajstić information content (AvgIpc) is 2.87. The molecule has 0 aliphatic carbocycles. The summed E-state index contributed by atoms with van der Waals surface area (Å²) in [6, 6.07) is 20.6. The minimum atomic E-state index is -0.720. The van der Waals surface area contributed by atoms with Gasteiger partial charge in [-0.1, -0.05) is 94.9 Å². The average molecular weight is 496 g/mol. The number of carbonyl (C=O) groups is 1. The molecule has 1 N–H and O–H groups in total. The highest BCUT2D eigenvalue weighted by molar-refractivity contribution is 5.79. The standard InChI is InChI=1S/C18H26N2O2.C11H17N.C2H6/c1-6-19-15(4)18(5,20-17(21)14(2)3)13-22-12-16-10-8-7-9-11-16;1-12(2)10-6-9-11-7-4-3-5-8-11;1-2/h6-11,14H,4,12-13H2,1-3,5H3,(H,20,21);3-5,7-8H,6,9-10H2,1-2H3;1-2H3. The number of benzene rings is 2. The number of hydrogen-bond acceptors (Lipinski definition) is 4. The summed E-state index contributed by atoms with van der Waals surface area (Å²) < 4.78 is 5.78. The van der Waals surface area contributed by atoms with Crippen molar-refractivity contribution in [3.63, 3.8) is 0 Å². The molecular weight excluding hydrogens is 446 g/mol. The predicted molar refractivity (Wildman–Crippen MR) is 155 cm³/mol. The van der Waals surface area contributed by atoms with Crippen LogP contribution < -0.4 is 5.32 Å². The fourth-order valence-corrected chi connectivity index (χ4v) is 3.10. The van der Waals surface area contributed by atoms with Gasteiger partial charge in [-0.25, -0.2) is 0 Å². The Morgan fingerprint density at radius 3 is 2.06 bits per heavy atom. The van der Waals surface area contributed by atoms with Gasteiger partial charge in [0.2, 0.25) is 5.91 Å². The predicted octanol–water partition coefficient (Wildman–Crippen LogP) is 6.55. The van der Waals surface area contributed by atoms with E-state index in [-0.39, 0.29) is 11.8 Å². The number of nitrogens with zero attached hydrogens (tertiary/aromatic N) is 2. The maximum atomic E-state index is 12.0. The van der Waals surface area contributed by atoms with Crippen LogP contribution in [0.5, 0.6) is 0 Å². The quantitative estimate of drug-likeness (QED) is 0.340. The van der Waals surface area contributed by atoms with Crippen LogP contribution in [0.2, 0.25) is 0 Å². The van der Waals surface area contributed by atoms with Gasteiger partial charge in [0.05, 0.1) is 18.9 Å². The van der Waals surface area contributed by atoms with Crippen LogP contribution >= 0.6 is 0 Å². The van der Waals surface area contributed by atoms with Crippen LogP contribution in [0.1, 0.15) is 59.1 Å². The van der Waals surface area contributed by atoms with Gasteiger partial charge in [-0.05, 0) is 58.5 Å². The molecule has 0 fully saturated rings. The maximum absolute atomic E-state index is 12.0. The van der Waals surface area contributed by atoms with Gasteiger partial charge in [-0.15, -0.1) is 0 Å². The van der Waals surface area contributed by atoms with Crippen molar-refractivity contribution in [2.75, 3.05) is 27.2 Å². The number of rotatable bonds is 12. The Kier molecular flexibility index (Phi) is 17.9. The number of ether oxygens (including phenoxy) is 1. The highest BCUT2D eigenvalue weighted by Gasteiger charge is 2.31.